The van der Waals surface area contributed by atoms with Crippen molar-refractivity contribution in [3.8, 4) is 0 Å². The van der Waals surface area contributed by atoms with E-state index in [9.17, 15) is 59.4 Å². The summed E-state index contributed by atoms with van der Waals surface area (Å²) in [7, 11) is 0. The minimum Gasteiger partial charge on any atom is -0.445 e. The van der Waals surface area contributed by atoms with E-state index in [0.717, 1.165) is 0 Å². The van der Waals surface area contributed by atoms with Gasteiger partial charge in [-0.25, -0.2) is 14.4 Å². The van der Waals surface area contributed by atoms with Gasteiger partial charge in [-0.1, -0.05) is 0 Å². The largest absolute Gasteiger partial charge is 0.445 e. The molecule has 0 saturated carbocycles. The summed E-state index contributed by atoms with van der Waals surface area (Å²) in [6, 6.07) is 14.4. The van der Waals surface area contributed by atoms with E-state index < -0.39 is 76.1 Å². The highest BCUT2D eigenvalue weighted by molar-refractivity contribution is 7.81. The van der Waals surface area contributed by atoms with Gasteiger partial charge in [0.25, 0.3) is 17.1 Å². The number of hydrogen-bond donors (Lipinski definition) is 5. The Bertz CT molecular complexity index is 2190. The van der Waals surface area contributed by atoms with Crippen molar-refractivity contribution in [2.24, 2.45) is 4.99 Å². The molecule has 3 aromatic carbocycles. The number of benzene rings is 3. The molecule has 2 saturated heterocycles. The highest BCUT2D eigenvalue weighted by atomic mass is 32.1. The summed E-state index contributed by atoms with van der Waals surface area (Å²) >= 11 is 4.44. The SMILES string of the molecule is O=C(CC(O)CN/C(=N\C(=O)OCc1ccc([N+](=O)[O-])cc1)NC(=O)OCc1ccc([N+](=O)[O-])cc1)NC1CN(C(=O)[C@@H]2C[C@H](S)CN2C(=O)OCc2ccc([N+](=O)[O-])cc2)C1. The predicted octanol–water partition coefficient (Wildman–Crippen LogP) is 2.71. The Balaban J connectivity index is 1.08. The number of guanidine groups is 1. The summed E-state index contributed by atoms with van der Waals surface area (Å²) in [4.78, 5) is 102. The highest BCUT2D eigenvalue weighted by Gasteiger charge is 2.44. The lowest BCUT2D eigenvalue weighted by Gasteiger charge is -2.41. The molecular weight excluding hydrogens is 843 g/mol. The molecule has 4 N–H and O–H groups in total. The quantitative estimate of drug-likeness (QED) is 0.0366. The Hall–Kier alpha value is -7.41. The van der Waals surface area contributed by atoms with Crippen molar-refractivity contribution in [3.05, 3.63) is 120 Å². The second-order valence-electron chi connectivity index (χ2n) is 13.8. The van der Waals surface area contributed by atoms with E-state index in [4.69, 9.17) is 14.2 Å². The number of carbonyl (C=O) groups is 5. The molecule has 2 aliphatic rings. The summed E-state index contributed by atoms with van der Waals surface area (Å²) in [5.41, 5.74) is 0.811. The monoisotopic (exact) mass is 881 g/mol. The van der Waals surface area contributed by atoms with Crippen molar-refractivity contribution in [3.63, 3.8) is 0 Å². The van der Waals surface area contributed by atoms with Gasteiger partial charge in [0.05, 0.1) is 33.3 Å². The number of nitro groups is 3. The van der Waals surface area contributed by atoms with E-state index in [1.165, 1.54) is 82.6 Å². The molecule has 2 aliphatic heterocycles. The number of ether oxygens (including phenoxy) is 3. The maximum absolute atomic E-state index is 13.4. The number of nitrogens with zero attached hydrogens (tertiary/aromatic N) is 6. The van der Waals surface area contributed by atoms with E-state index in [1.807, 2.05) is 0 Å². The lowest BCUT2D eigenvalue weighted by molar-refractivity contribution is -0.385. The Morgan fingerprint density at radius 2 is 1.24 bits per heavy atom. The van der Waals surface area contributed by atoms with Crippen LogP contribution in [0.3, 0.4) is 0 Å². The van der Waals surface area contributed by atoms with E-state index in [-0.39, 0.29) is 74.1 Å². The number of alkyl carbamates (subject to hydrolysis) is 1. The minimum absolute atomic E-state index is 0.114. The van der Waals surface area contributed by atoms with Gasteiger partial charge in [-0.15, -0.1) is 4.99 Å². The van der Waals surface area contributed by atoms with Crippen molar-refractivity contribution in [2.45, 2.75) is 56.1 Å². The van der Waals surface area contributed by atoms with Crippen LogP contribution in [0, 0.1) is 30.3 Å². The molecular formula is C37H39N9O15S. The molecule has 2 heterocycles. The highest BCUT2D eigenvalue weighted by Crippen LogP contribution is 2.27. The van der Waals surface area contributed by atoms with Crippen LogP contribution in [-0.4, -0.2) is 115 Å². The zero-order chi connectivity index (χ0) is 44.9. The fourth-order valence-corrected chi connectivity index (χ4v) is 6.40. The molecule has 0 spiro atoms. The van der Waals surface area contributed by atoms with Gasteiger partial charge in [0.1, 0.15) is 25.9 Å². The van der Waals surface area contributed by atoms with Crippen molar-refractivity contribution in [1.82, 2.24) is 25.8 Å². The van der Waals surface area contributed by atoms with Crippen LogP contribution in [0.25, 0.3) is 0 Å². The molecule has 25 heteroatoms. The number of aliphatic hydroxyl groups is 1. The lowest BCUT2D eigenvalue weighted by Crippen LogP contribution is -2.64. The van der Waals surface area contributed by atoms with E-state index in [0.29, 0.717) is 16.7 Å². The molecule has 0 aromatic heterocycles. The Morgan fingerprint density at radius 3 is 1.74 bits per heavy atom. The number of carbonyl (C=O) groups excluding carboxylic acids is 5. The zero-order valence-electron chi connectivity index (χ0n) is 32.4. The second-order valence-corrected chi connectivity index (χ2v) is 14.6. The summed E-state index contributed by atoms with van der Waals surface area (Å²) in [5, 5.41) is 50.4. The van der Waals surface area contributed by atoms with Crippen LogP contribution in [0.4, 0.5) is 31.4 Å². The summed E-state index contributed by atoms with van der Waals surface area (Å²) in [6.45, 7) is -0.908. The van der Waals surface area contributed by atoms with Crippen LogP contribution in [-0.2, 0) is 43.6 Å². The molecule has 5 amide bonds. The number of amides is 5. The van der Waals surface area contributed by atoms with E-state index in [2.05, 4.69) is 33.6 Å². The first kappa shape index (κ1) is 45.7. The molecule has 328 valence electrons. The fourth-order valence-electron chi connectivity index (χ4n) is 6.03. The third-order valence-corrected chi connectivity index (χ3v) is 9.62. The average Bonchev–Trinajstić information content (AvgIpc) is 3.63. The molecule has 3 atom stereocenters. The van der Waals surface area contributed by atoms with Crippen LogP contribution < -0.4 is 16.0 Å². The number of hydrogen-bond acceptors (Lipinski definition) is 16. The zero-order valence-corrected chi connectivity index (χ0v) is 33.3. The smallest absolute Gasteiger partial charge is 0.437 e. The molecule has 1 unspecified atom stereocenters. The topological polar surface area (TPSA) is 318 Å². The first-order chi connectivity index (χ1) is 29.5. The van der Waals surface area contributed by atoms with Crippen molar-refractivity contribution in [1.29, 1.82) is 0 Å². The second kappa shape index (κ2) is 21.2. The number of aliphatic hydroxyl groups excluding tert-OH is 1. The van der Waals surface area contributed by atoms with E-state index >= 15 is 0 Å². The number of thiol groups is 1. The molecule has 0 aliphatic carbocycles. The maximum Gasteiger partial charge on any atom is 0.437 e. The van der Waals surface area contributed by atoms with Gasteiger partial charge in [-0.2, -0.15) is 12.6 Å². The number of aliphatic imine (C=N–C) groups is 1. The average molecular weight is 882 g/mol. The van der Waals surface area contributed by atoms with Crippen LogP contribution in [0.5, 0.6) is 0 Å². The molecule has 0 bridgehead atoms. The molecule has 2 fully saturated rings. The van der Waals surface area contributed by atoms with Gasteiger partial charge in [0.15, 0.2) is 0 Å². The fraction of sp³-hybridized carbons (Fsp3) is 0.351. The Kier molecular flexibility index (Phi) is 15.6. The van der Waals surface area contributed by atoms with Gasteiger partial charge < -0.3 is 34.9 Å². The standard InChI is InChI=1S/C37H39N9O15S/c47-29(13-32(48)39-25-16-42(17-25)33(49)31-14-30(62)18-43(31)37(52)61-21-24-5-11-28(12-6-24)46(57)58)15-38-34(40-35(50)59-19-22-1-7-26(8-2-22)44(53)54)41-36(51)60-20-23-3-9-27(10-4-23)45(55)56/h1-12,25,29-31,47,62H,13-21H2,(H,39,48)(H2,38,40,41,50,51)/t29?,30-,31-/m0/s1. The molecule has 5 rings (SSSR count). The molecule has 0 radical (unpaired) electrons. The third kappa shape index (κ3) is 13.3. The van der Waals surface area contributed by atoms with Gasteiger partial charge in [0, 0.05) is 67.8 Å². The van der Waals surface area contributed by atoms with Gasteiger partial charge in [-0.3, -0.25) is 50.1 Å². The predicted molar refractivity (Wildman–Crippen MR) is 215 cm³/mol. The normalized spacial score (nSPS) is 16.6. The molecule has 3 aromatic rings. The number of nitrogens with one attached hydrogen (secondary N) is 3. The summed E-state index contributed by atoms with van der Waals surface area (Å²) < 4.78 is 15.5. The van der Waals surface area contributed by atoms with Crippen LogP contribution in [0.15, 0.2) is 77.8 Å². The van der Waals surface area contributed by atoms with Crippen LogP contribution in [0.2, 0.25) is 0 Å². The third-order valence-electron chi connectivity index (χ3n) is 9.24. The van der Waals surface area contributed by atoms with Crippen molar-refractivity contribution >= 4 is 65.7 Å². The van der Waals surface area contributed by atoms with Crippen molar-refractivity contribution < 1.29 is 58.1 Å². The number of non-ortho nitro benzene ring substituents is 3. The number of rotatable bonds is 15. The van der Waals surface area contributed by atoms with Crippen LogP contribution in [0.1, 0.15) is 29.5 Å². The van der Waals surface area contributed by atoms with Gasteiger partial charge in [0.2, 0.25) is 17.8 Å². The first-order valence-electron chi connectivity index (χ1n) is 18.5. The molecule has 62 heavy (non-hydrogen) atoms. The number of nitro benzene ring substituents is 3. The van der Waals surface area contributed by atoms with Crippen LogP contribution >= 0.6 is 12.6 Å². The number of likely N-dealkylation sites (tertiary alicyclic amines) is 2. The Morgan fingerprint density at radius 1 is 0.758 bits per heavy atom. The van der Waals surface area contributed by atoms with E-state index in [1.54, 1.807) is 0 Å². The van der Waals surface area contributed by atoms with Crippen molar-refractivity contribution in [2.75, 3.05) is 26.2 Å². The van der Waals surface area contributed by atoms with Gasteiger partial charge in [-0.05, 0) is 59.5 Å². The minimum atomic E-state index is -1.40. The Labute approximate surface area is 356 Å². The first-order valence-corrected chi connectivity index (χ1v) is 19.1. The summed E-state index contributed by atoms with van der Waals surface area (Å²) in [6.07, 6.45) is -4.70. The summed E-state index contributed by atoms with van der Waals surface area (Å²) in [5.74, 6) is -1.51. The lowest BCUT2D eigenvalue weighted by atomic mass is 10.1. The van der Waals surface area contributed by atoms with Gasteiger partial charge >= 0.3 is 18.3 Å². The maximum atomic E-state index is 13.4. The molecule has 24 nitrogen and oxygen atoms in total.